The number of carbonyl (C=O) groups excluding carboxylic acids is 1. The first-order valence-electron chi connectivity index (χ1n) is 5.41. The van der Waals surface area contributed by atoms with Crippen molar-refractivity contribution in [2.24, 2.45) is 0 Å². The highest BCUT2D eigenvalue weighted by atomic mass is 16.1. The molecule has 0 N–H and O–H groups in total. The third-order valence-corrected chi connectivity index (χ3v) is 2.48. The van der Waals surface area contributed by atoms with Gasteiger partial charge in [-0.25, -0.2) is 0 Å². The van der Waals surface area contributed by atoms with Crippen LogP contribution in [0.2, 0.25) is 0 Å². The van der Waals surface area contributed by atoms with Crippen LogP contribution in [-0.4, -0.2) is 5.78 Å². The molecule has 1 rings (SSSR count). The van der Waals surface area contributed by atoms with E-state index in [-0.39, 0.29) is 0 Å². The van der Waals surface area contributed by atoms with Crippen LogP contribution in [0.15, 0.2) is 11.6 Å². The molecular weight excluding hydrogens is 160 g/mol. The van der Waals surface area contributed by atoms with Crippen molar-refractivity contribution in [3.63, 3.8) is 0 Å². The van der Waals surface area contributed by atoms with Gasteiger partial charge < -0.3 is 0 Å². The summed E-state index contributed by atoms with van der Waals surface area (Å²) in [6, 6.07) is 0. The number of carbonyl (C=O) groups is 1. The Bertz CT molecular complexity index is 191. The van der Waals surface area contributed by atoms with Gasteiger partial charge in [0.05, 0.1) is 0 Å². The van der Waals surface area contributed by atoms with Crippen LogP contribution >= 0.6 is 0 Å². The summed E-state index contributed by atoms with van der Waals surface area (Å²) >= 11 is 0. The van der Waals surface area contributed by atoms with Gasteiger partial charge in [-0.15, -0.1) is 0 Å². The smallest absolute Gasteiger partial charge is 0.158 e. The minimum Gasteiger partial charge on any atom is -0.295 e. The number of unbranched alkanes of at least 4 members (excludes halogenated alkanes) is 4. The molecule has 1 saturated carbocycles. The van der Waals surface area contributed by atoms with Crippen LogP contribution in [0.3, 0.4) is 0 Å². The highest BCUT2D eigenvalue weighted by molar-refractivity contribution is 5.99. The molecule has 0 aromatic heterocycles. The fraction of sp³-hybridized carbons (Fsp3) is 0.667. The molecular formula is C12H19O. The number of ketones is 1. The highest BCUT2D eigenvalue weighted by Crippen LogP contribution is 2.20. The average Bonchev–Trinajstić information content (AvgIpc) is 2.52. The minimum atomic E-state index is 0.343. The molecule has 1 aliphatic rings. The minimum absolute atomic E-state index is 0.343. The van der Waals surface area contributed by atoms with E-state index in [1.807, 2.05) is 0 Å². The maximum atomic E-state index is 11.2. The van der Waals surface area contributed by atoms with Crippen molar-refractivity contribution in [1.82, 2.24) is 0 Å². The molecule has 0 bridgehead atoms. The molecule has 1 nitrogen and oxygen atoms in total. The van der Waals surface area contributed by atoms with Crippen molar-refractivity contribution in [2.75, 3.05) is 0 Å². The van der Waals surface area contributed by atoms with Gasteiger partial charge in [-0.3, -0.25) is 4.79 Å². The zero-order valence-electron chi connectivity index (χ0n) is 8.51. The zero-order valence-corrected chi connectivity index (χ0v) is 8.51. The molecule has 0 saturated heterocycles. The lowest BCUT2D eigenvalue weighted by molar-refractivity contribution is -0.114. The Morgan fingerprint density at radius 2 is 2.23 bits per heavy atom. The van der Waals surface area contributed by atoms with Crippen molar-refractivity contribution >= 4 is 5.78 Å². The first-order valence-corrected chi connectivity index (χ1v) is 5.41. The predicted molar refractivity (Wildman–Crippen MR) is 55.4 cm³/mol. The van der Waals surface area contributed by atoms with Crippen molar-refractivity contribution in [2.45, 2.75) is 51.9 Å². The van der Waals surface area contributed by atoms with Gasteiger partial charge >= 0.3 is 0 Å². The lowest BCUT2D eigenvalue weighted by Gasteiger charge is -1.96. The maximum absolute atomic E-state index is 11.2. The molecule has 0 spiro atoms. The first kappa shape index (κ1) is 10.5. The van der Waals surface area contributed by atoms with Gasteiger partial charge in [-0.05, 0) is 31.3 Å². The summed E-state index contributed by atoms with van der Waals surface area (Å²) in [6.45, 7) is 2.22. The van der Waals surface area contributed by atoms with Crippen LogP contribution in [0, 0.1) is 6.42 Å². The Balaban J connectivity index is 2.12. The molecule has 73 valence electrons. The van der Waals surface area contributed by atoms with Crippen molar-refractivity contribution in [1.29, 1.82) is 0 Å². The number of Topliss-reactive ketones (excluding diaryl/α,β-unsaturated/α-hetero) is 1. The number of hydrogen-bond donors (Lipinski definition) is 0. The second-order valence-electron chi connectivity index (χ2n) is 3.67. The molecule has 1 aliphatic carbocycles. The molecule has 0 aromatic rings. The van der Waals surface area contributed by atoms with Gasteiger partial charge in [0.15, 0.2) is 5.78 Å². The lowest BCUT2D eigenvalue weighted by Crippen LogP contribution is -1.91. The van der Waals surface area contributed by atoms with E-state index in [1.54, 1.807) is 0 Å². The van der Waals surface area contributed by atoms with E-state index in [0.29, 0.717) is 5.78 Å². The molecule has 1 heteroatoms. The molecule has 0 unspecified atom stereocenters. The Kier molecular flexibility index (Phi) is 4.81. The largest absolute Gasteiger partial charge is 0.295 e. The van der Waals surface area contributed by atoms with Crippen LogP contribution in [0.5, 0.6) is 0 Å². The molecule has 1 fully saturated rings. The summed E-state index contributed by atoms with van der Waals surface area (Å²) in [5.41, 5.74) is 0.983. The second kappa shape index (κ2) is 5.95. The number of hydrogen-bond acceptors (Lipinski definition) is 1. The monoisotopic (exact) mass is 179 g/mol. The summed E-state index contributed by atoms with van der Waals surface area (Å²) in [7, 11) is 0. The van der Waals surface area contributed by atoms with E-state index in [9.17, 15) is 4.79 Å². The first-order chi connectivity index (χ1) is 6.34. The summed E-state index contributed by atoms with van der Waals surface area (Å²) in [4.78, 5) is 11.2. The van der Waals surface area contributed by atoms with E-state index in [0.717, 1.165) is 24.8 Å². The third kappa shape index (κ3) is 3.75. The van der Waals surface area contributed by atoms with E-state index >= 15 is 0 Å². The Labute approximate surface area is 81.2 Å². The number of allylic oxidation sites excluding steroid dienone is 2. The van der Waals surface area contributed by atoms with Crippen LogP contribution in [-0.2, 0) is 4.79 Å². The third-order valence-electron chi connectivity index (χ3n) is 2.48. The fourth-order valence-electron chi connectivity index (χ4n) is 1.64. The highest BCUT2D eigenvalue weighted by Gasteiger charge is 2.15. The average molecular weight is 179 g/mol. The lowest BCUT2D eigenvalue weighted by atomic mass is 10.1. The Hall–Kier alpha value is -0.590. The van der Waals surface area contributed by atoms with E-state index in [4.69, 9.17) is 0 Å². The zero-order chi connectivity index (χ0) is 9.52. The summed E-state index contributed by atoms with van der Waals surface area (Å²) in [6.07, 6.45) is 12.1. The van der Waals surface area contributed by atoms with E-state index < -0.39 is 0 Å². The van der Waals surface area contributed by atoms with Gasteiger partial charge in [0.2, 0.25) is 0 Å². The fourth-order valence-corrected chi connectivity index (χ4v) is 1.64. The predicted octanol–water partition coefficient (Wildman–Crippen LogP) is 3.45. The molecule has 0 aromatic carbocycles. The quantitative estimate of drug-likeness (QED) is 0.466. The van der Waals surface area contributed by atoms with Gasteiger partial charge in [-0.1, -0.05) is 32.3 Å². The summed E-state index contributed by atoms with van der Waals surface area (Å²) in [5, 5.41) is 0. The normalized spacial score (nSPS) is 20.1. The summed E-state index contributed by atoms with van der Waals surface area (Å²) < 4.78 is 0. The summed E-state index contributed by atoms with van der Waals surface area (Å²) in [5.74, 6) is 0.343. The van der Waals surface area contributed by atoms with Gasteiger partial charge in [0.1, 0.15) is 0 Å². The van der Waals surface area contributed by atoms with Crippen LogP contribution in [0.25, 0.3) is 0 Å². The Morgan fingerprint density at radius 3 is 2.85 bits per heavy atom. The molecule has 0 heterocycles. The second-order valence-corrected chi connectivity index (χ2v) is 3.67. The van der Waals surface area contributed by atoms with Gasteiger partial charge in [-0.2, -0.15) is 0 Å². The van der Waals surface area contributed by atoms with Crippen molar-refractivity contribution in [3.8, 4) is 0 Å². The van der Waals surface area contributed by atoms with Crippen molar-refractivity contribution < 1.29 is 4.79 Å². The van der Waals surface area contributed by atoms with E-state index in [2.05, 4.69) is 19.4 Å². The molecule has 0 amide bonds. The standard InChI is InChI=1S/C12H19O/c1-2-3-4-5-6-8-11-9-7-10-12(11)13/h8-9H,2-7,10H2,1H3/b11-8+. The maximum Gasteiger partial charge on any atom is 0.158 e. The van der Waals surface area contributed by atoms with Gasteiger partial charge in [0, 0.05) is 6.42 Å². The van der Waals surface area contributed by atoms with Crippen LogP contribution in [0.1, 0.15) is 51.9 Å². The van der Waals surface area contributed by atoms with Crippen LogP contribution in [0.4, 0.5) is 0 Å². The molecule has 0 aliphatic heterocycles. The molecule has 0 atom stereocenters. The topological polar surface area (TPSA) is 17.1 Å². The number of rotatable bonds is 5. The molecule has 1 radical (unpaired) electrons. The Morgan fingerprint density at radius 1 is 1.38 bits per heavy atom. The van der Waals surface area contributed by atoms with Crippen molar-refractivity contribution in [3.05, 3.63) is 18.1 Å². The van der Waals surface area contributed by atoms with E-state index in [1.165, 1.54) is 25.7 Å². The van der Waals surface area contributed by atoms with Crippen LogP contribution < -0.4 is 0 Å². The van der Waals surface area contributed by atoms with Gasteiger partial charge in [0.25, 0.3) is 0 Å². The SMILES string of the molecule is CCCCCC/C=C1\[CH]CCC1=O. The molecule has 13 heavy (non-hydrogen) atoms.